The maximum Gasteiger partial charge on any atom is 0.0145 e. The summed E-state index contributed by atoms with van der Waals surface area (Å²) in [6, 6.07) is 0. The number of hydrogen-bond donors (Lipinski definition) is 0. The van der Waals surface area contributed by atoms with Crippen molar-refractivity contribution in [1.29, 1.82) is 0 Å². The molecule has 0 heterocycles. The molecule has 0 aromatic rings. The van der Waals surface area contributed by atoms with Gasteiger partial charge in [0.05, 0.1) is 0 Å². The van der Waals surface area contributed by atoms with Crippen LogP contribution in [0, 0.1) is 5.92 Å². The first-order chi connectivity index (χ1) is 6.24. The number of hydrogen-bond acceptors (Lipinski definition) is 1. The van der Waals surface area contributed by atoms with E-state index in [9.17, 15) is 0 Å². The first-order valence-corrected chi connectivity index (χ1v) is 4.93. The maximum atomic E-state index is 2.31. The average molecular weight is 177 g/mol. The van der Waals surface area contributed by atoms with Crippen LogP contribution in [0.1, 0.15) is 13.3 Å². The molecule has 0 N–H and O–H groups in total. The maximum absolute atomic E-state index is 2.31. The van der Waals surface area contributed by atoms with Gasteiger partial charge in [0.15, 0.2) is 0 Å². The van der Waals surface area contributed by atoms with E-state index < -0.39 is 0 Å². The summed E-state index contributed by atoms with van der Waals surface area (Å²) >= 11 is 0. The molecular weight excluding hydrogens is 158 g/mol. The lowest BCUT2D eigenvalue weighted by Gasteiger charge is -2.21. The lowest BCUT2D eigenvalue weighted by Crippen LogP contribution is -2.22. The minimum Gasteiger partial charge on any atom is -0.308 e. The zero-order valence-corrected chi connectivity index (χ0v) is 8.83. The molecule has 1 rings (SSSR count). The third-order valence-corrected chi connectivity index (χ3v) is 2.17. The lowest BCUT2D eigenvalue weighted by atomic mass is 9.93. The van der Waals surface area contributed by atoms with Gasteiger partial charge < -0.3 is 4.90 Å². The Morgan fingerprint density at radius 1 is 1.38 bits per heavy atom. The van der Waals surface area contributed by atoms with Crippen LogP contribution in [0.25, 0.3) is 0 Å². The fourth-order valence-corrected chi connectivity index (χ4v) is 1.61. The van der Waals surface area contributed by atoms with E-state index in [4.69, 9.17) is 0 Å². The number of nitrogens with zero attached hydrogens (tertiary/aromatic N) is 1. The summed E-state index contributed by atoms with van der Waals surface area (Å²) < 4.78 is 0. The van der Waals surface area contributed by atoms with E-state index in [2.05, 4.69) is 56.3 Å². The predicted octanol–water partition coefficient (Wildman–Crippen LogP) is 2.63. The van der Waals surface area contributed by atoms with E-state index in [1.807, 2.05) is 0 Å². The van der Waals surface area contributed by atoms with Crippen molar-refractivity contribution in [1.82, 2.24) is 4.90 Å². The molecule has 1 atom stereocenters. The molecule has 72 valence electrons. The van der Waals surface area contributed by atoms with Gasteiger partial charge in [0.2, 0.25) is 0 Å². The molecule has 0 saturated carbocycles. The summed E-state index contributed by atoms with van der Waals surface area (Å²) in [4.78, 5) is 2.23. The fourth-order valence-electron chi connectivity index (χ4n) is 1.61. The van der Waals surface area contributed by atoms with Crippen LogP contribution in [0.2, 0.25) is 0 Å². The van der Waals surface area contributed by atoms with Gasteiger partial charge in [-0.25, -0.2) is 0 Å². The van der Waals surface area contributed by atoms with Crippen molar-refractivity contribution in [3.05, 3.63) is 36.0 Å². The summed E-state index contributed by atoms with van der Waals surface area (Å²) in [5, 5.41) is 0. The van der Waals surface area contributed by atoms with Crippen molar-refractivity contribution in [3.8, 4) is 0 Å². The number of rotatable bonds is 3. The highest BCUT2D eigenvalue weighted by atomic mass is 15.1. The van der Waals surface area contributed by atoms with E-state index in [0.29, 0.717) is 5.92 Å². The van der Waals surface area contributed by atoms with Crippen LogP contribution in [0.15, 0.2) is 36.0 Å². The van der Waals surface area contributed by atoms with Gasteiger partial charge in [0.25, 0.3) is 0 Å². The molecule has 1 aliphatic carbocycles. The molecule has 0 aliphatic heterocycles. The van der Waals surface area contributed by atoms with Crippen LogP contribution in [-0.4, -0.2) is 25.5 Å². The first-order valence-electron chi connectivity index (χ1n) is 4.93. The van der Waals surface area contributed by atoms with Gasteiger partial charge in [-0.2, -0.15) is 0 Å². The monoisotopic (exact) mass is 177 g/mol. The Hall–Kier alpha value is -0.820. The summed E-state index contributed by atoms with van der Waals surface area (Å²) in [6.45, 7) is 3.29. The molecule has 0 aromatic heterocycles. The molecule has 1 heteroatoms. The van der Waals surface area contributed by atoms with E-state index in [1.165, 1.54) is 5.57 Å². The Bertz CT molecular complexity index is 234. The molecule has 0 amide bonds. The van der Waals surface area contributed by atoms with Crippen molar-refractivity contribution in [2.45, 2.75) is 13.3 Å². The smallest absolute Gasteiger partial charge is 0.0145 e. The molecule has 1 aliphatic rings. The number of allylic oxidation sites excluding steroid dienone is 4. The van der Waals surface area contributed by atoms with Crippen molar-refractivity contribution in [2.24, 2.45) is 5.92 Å². The third-order valence-electron chi connectivity index (χ3n) is 2.17. The van der Waals surface area contributed by atoms with Gasteiger partial charge in [-0.05, 0) is 26.1 Å². The molecule has 0 radical (unpaired) electrons. The van der Waals surface area contributed by atoms with Crippen molar-refractivity contribution < 1.29 is 0 Å². The van der Waals surface area contributed by atoms with E-state index in [0.717, 1.165) is 13.0 Å². The Balaban J connectivity index is 2.65. The van der Waals surface area contributed by atoms with Gasteiger partial charge in [-0.1, -0.05) is 37.3 Å². The topological polar surface area (TPSA) is 3.24 Å². The van der Waals surface area contributed by atoms with E-state index in [1.54, 1.807) is 0 Å². The Kier molecular flexibility index (Phi) is 3.97. The zero-order valence-electron chi connectivity index (χ0n) is 8.83. The minimum absolute atomic E-state index is 0.583. The normalized spacial score (nSPS) is 24.6. The molecule has 0 saturated heterocycles. The standard InChI is InChI=1S/C12H19N/c1-4-7-11-8-5-6-9-12(11)10-13(2)3/h5-9,12H,4,10H2,1-3H3/b11-7+. The van der Waals surface area contributed by atoms with Gasteiger partial charge in [0.1, 0.15) is 0 Å². The summed E-state index contributed by atoms with van der Waals surface area (Å²) in [5.74, 6) is 0.583. The van der Waals surface area contributed by atoms with Crippen molar-refractivity contribution >= 4 is 0 Å². The second-order valence-electron chi connectivity index (χ2n) is 3.73. The van der Waals surface area contributed by atoms with Gasteiger partial charge in [-0.15, -0.1) is 0 Å². The van der Waals surface area contributed by atoms with E-state index in [-0.39, 0.29) is 0 Å². The van der Waals surface area contributed by atoms with Crippen LogP contribution in [-0.2, 0) is 0 Å². The summed E-state index contributed by atoms with van der Waals surface area (Å²) in [7, 11) is 4.24. The van der Waals surface area contributed by atoms with Crippen molar-refractivity contribution in [2.75, 3.05) is 20.6 Å². The SMILES string of the molecule is CC/C=C1\C=CC=CC1CN(C)C. The predicted molar refractivity (Wildman–Crippen MR) is 58.7 cm³/mol. The molecule has 13 heavy (non-hydrogen) atoms. The molecule has 1 unspecified atom stereocenters. The Morgan fingerprint density at radius 2 is 2.15 bits per heavy atom. The Morgan fingerprint density at radius 3 is 2.77 bits per heavy atom. The minimum atomic E-state index is 0.583. The summed E-state index contributed by atoms with van der Waals surface area (Å²) in [6.07, 6.45) is 12.2. The molecule has 0 aromatic carbocycles. The highest BCUT2D eigenvalue weighted by Crippen LogP contribution is 2.19. The molecule has 0 spiro atoms. The molecule has 0 fully saturated rings. The highest BCUT2D eigenvalue weighted by Gasteiger charge is 2.11. The molecule has 0 bridgehead atoms. The van der Waals surface area contributed by atoms with E-state index >= 15 is 0 Å². The first kappa shape index (κ1) is 10.3. The van der Waals surface area contributed by atoms with Crippen LogP contribution < -0.4 is 0 Å². The second-order valence-corrected chi connectivity index (χ2v) is 3.73. The largest absolute Gasteiger partial charge is 0.308 e. The Labute approximate surface area is 81.4 Å². The van der Waals surface area contributed by atoms with Crippen LogP contribution in [0.5, 0.6) is 0 Å². The quantitative estimate of drug-likeness (QED) is 0.640. The average Bonchev–Trinajstić information content (AvgIpc) is 2.08. The van der Waals surface area contributed by atoms with Gasteiger partial charge >= 0.3 is 0 Å². The van der Waals surface area contributed by atoms with Crippen LogP contribution >= 0.6 is 0 Å². The second kappa shape index (κ2) is 5.03. The summed E-state index contributed by atoms with van der Waals surface area (Å²) in [5.41, 5.74) is 1.46. The van der Waals surface area contributed by atoms with Crippen LogP contribution in [0.4, 0.5) is 0 Å². The fraction of sp³-hybridized carbons (Fsp3) is 0.500. The lowest BCUT2D eigenvalue weighted by molar-refractivity contribution is 0.380. The van der Waals surface area contributed by atoms with Gasteiger partial charge in [-0.3, -0.25) is 0 Å². The van der Waals surface area contributed by atoms with Crippen LogP contribution in [0.3, 0.4) is 0 Å². The van der Waals surface area contributed by atoms with Crippen molar-refractivity contribution in [3.63, 3.8) is 0 Å². The zero-order chi connectivity index (χ0) is 9.68. The highest BCUT2D eigenvalue weighted by molar-refractivity contribution is 5.33. The third kappa shape index (κ3) is 3.19. The van der Waals surface area contributed by atoms with Gasteiger partial charge in [0, 0.05) is 12.5 Å². The molecule has 1 nitrogen and oxygen atoms in total. The molecular formula is C12H19N.